The fourth-order valence-corrected chi connectivity index (χ4v) is 1.48. The van der Waals surface area contributed by atoms with Crippen molar-refractivity contribution in [1.29, 1.82) is 0 Å². The van der Waals surface area contributed by atoms with E-state index in [2.05, 4.69) is 5.32 Å². The highest BCUT2D eigenvalue weighted by atomic mass is 16.5. The second-order valence-electron chi connectivity index (χ2n) is 4.08. The molecule has 0 aliphatic rings. The zero-order valence-electron chi connectivity index (χ0n) is 10.8. The van der Waals surface area contributed by atoms with Gasteiger partial charge in [0.15, 0.2) is 0 Å². The van der Waals surface area contributed by atoms with E-state index < -0.39 is 0 Å². The SMILES string of the molecule is CCOCCNc1cc(N)cc(OC(C)C)c1. The molecule has 4 nitrogen and oxygen atoms in total. The van der Waals surface area contributed by atoms with Crippen LogP contribution in [-0.2, 0) is 4.74 Å². The number of rotatable bonds is 7. The van der Waals surface area contributed by atoms with Crippen molar-refractivity contribution in [2.75, 3.05) is 30.8 Å². The van der Waals surface area contributed by atoms with Crippen molar-refractivity contribution in [3.8, 4) is 5.75 Å². The number of nitrogens with one attached hydrogen (secondary N) is 1. The molecule has 0 aromatic heterocycles. The molecule has 0 saturated carbocycles. The molecule has 0 radical (unpaired) electrons. The summed E-state index contributed by atoms with van der Waals surface area (Å²) in [4.78, 5) is 0. The van der Waals surface area contributed by atoms with Crippen LogP contribution in [0.5, 0.6) is 5.75 Å². The van der Waals surface area contributed by atoms with Gasteiger partial charge in [0.1, 0.15) is 5.75 Å². The molecule has 0 unspecified atom stereocenters. The third kappa shape index (κ3) is 5.45. The summed E-state index contributed by atoms with van der Waals surface area (Å²) in [7, 11) is 0. The number of nitrogen functional groups attached to an aromatic ring is 1. The minimum atomic E-state index is 0.146. The van der Waals surface area contributed by atoms with Gasteiger partial charge in [0, 0.05) is 36.7 Å². The Labute approximate surface area is 103 Å². The Balaban J connectivity index is 2.56. The number of hydrogen-bond donors (Lipinski definition) is 2. The Bertz CT molecular complexity index is 340. The first kappa shape index (κ1) is 13.6. The van der Waals surface area contributed by atoms with Crippen molar-refractivity contribution in [2.45, 2.75) is 26.9 Å². The van der Waals surface area contributed by atoms with Crippen LogP contribution in [0, 0.1) is 0 Å². The minimum absolute atomic E-state index is 0.146. The topological polar surface area (TPSA) is 56.5 Å². The van der Waals surface area contributed by atoms with Crippen LogP contribution < -0.4 is 15.8 Å². The Hall–Kier alpha value is -1.42. The summed E-state index contributed by atoms with van der Waals surface area (Å²) in [5.41, 5.74) is 7.47. The van der Waals surface area contributed by atoms with Gasteiger partial charge in [-0.3, -0.25) is 0 Å². The average Bonchev–Trinajstić information content (AvgIpc) is 2.22. The maximum Gasteiger partial charge on any atom is 0.123 e. The van der Waals surface area contributed by atoms with Crippen molar-refractivity contribution >= 4 is 11.4 Å². The van der Waals surface area contributed by atoms with E-state index in [1.165, 1.54) is 0 Å². The van der Waals surface area contributed by atoms with E-state index in [9.17, 15) is 0 Å². The zero-order chi connectivity index (χ0) is 12.7. The molecule has 0 bridgehead atoms. The summed E-state index contributed by atoms with van der Waals surface area (Å²) in [6, 6.07) is 5.66. The van der Waals surface area contributed by atoms with Crippen molar-refractivity contribution in [3.63, 3.8) is 0 Å². The van der Waals surface area contributed by atoms with Crippen LogP contribution >= 0.6 is 0 Å². The van der Waals surface area contributed by atoms with Crippen LogP contribution in [0.1, 0.15) is 20.8 Å². The molecular weight excluding hydrogens is 216 g/mol. The summed E-state index contributed by atoms with van der Waals surface area (Å²) >= 11 is 0. The first-order valence-corrected chi connectivity index (χ1v) is 6.00. The molecule has 1 aromatic carbocycles. The van der Waals surface area contributed by atoms with Gasteiger partial charge >= 0.3 is 0 Å². The Morgan fingerprint density at radius 1 is 1.29 bits per heavy atom. The van der Waals surface area contributed by atoms with E-state index in [1.54, 1.807) is 0 Å². The van der Waals surface area contributed by atoms with Gasteiger partial charge in [-0.15, -0.1) is 0 Å². The standard InChI is InChI=1S/C13H22N2O2/c1-4-16-6-5-15-12-7-11(14)8-13(9-12)17-10(2)3/h7-10,15H,4-6,14H2,1-3H3. The molecule has 1 rings (SSSR count). The highest BCUT2D eigenvalue weighted by molar-refractivity contribution is 5.59. The van der Waals surface area contributed by atoms with Crippen molar-refractivity contribution in [2.24, 2.45) is 0 Å². The molecule has 3 N–H and O–H groups in total. The quantitative estimate of drug-likeness (QED) is 0.566. The van der Waals surface area contributed by atoms with Gasteiger partial charge < -0.3 is 20.5 Å². The summed E-state index contributed by atoms with van der Waals surface area (Å²) in [6.45, 7) is 8.15. The van der Waals surface area contributed by atoms with Crippen LogP contribution in [0.15, 0.2) is 18.2 Å². The molecule has 17 heavy (non-hydrogen) atoms. The van der Waals surface area contributed by atoms with Crippen LogP contribution in [0.3, 0.4) is 0 Å². The third-order valence-electron chi connectivity index (χ3n) is 2.08. The van der Waals surface area contributed by atoms with E-state index in [0.717, 1.165) is 24.6 Å². The zero-order valence-corrected chi connectivity index (χ0v) is 10.8. The van der Waals surface area contributed by atoms with Crippen LogP contribution in [0.2, 0.25) is 0 Å². The van der Waals surface area contributed by atoms with Gasteiger partial charge in [-0.1, -0.05) is 0 Å². The highest BCUT2D eigenvalue weighted by Crippen LogP contribution is 2.23. The van der Waals surface area contributed by atoms with E-state index >= 15 is 0 Å². The summed E-state index contributed by atoms with van der Waals surface area (Å²) in [6.07, 6.45) is 0.146. The lowest BCUT2D eigenvalue weighted by atomic mass is 10.2. The fraction of sp³-hybridized carbons (Fsp3) is 0.538. The third-order valence-corrected chi connectivity index (χ3v) is 2.08. The van der Waals surface area contributed by atoms with Gasteiger partial charge in [0.05, 0.1) is 12.7 Å². The first-order chi connectivity index (χ1) is 8.11. The number of nitrogens with two attached hydrogens (primary N) is 1. The van der Waals surface area contributed by atoms with E-state index in [1.807, 2.05) is 39.0 Å². The van der Waals surface area contributed by atoms with E-state index in [-0.39, 0.29) is 6.10 Å². The molecule has 1 aromatic rings. The lowest BCUT2D eigenvalue weighted by molar-refractivity contribution is 0.158. The summed E-state index contributed by atoms with van der Waals surface area (Å²) in [5.74, 6) is 0.791. The van der Waals surface area contributed by atoms with Gasteiger partial charge in [-0.2, -0.15) is 0 Å². The molecule has 0 heterocycles. The van der Waals surface area contributed by atoms with Gasteiger partial charge in [0.2, 0.25) is 0 Å². The number of anilines is 2. The molecule has 0 spiro atoms. The molecule has 96 valence electrons. The van der Waals surface area contributed by atoms with Crippen LogP contribution in [0.25, 0.3) is 0 Å². The molecule has 0 aliphatic heterocycles. The lowest BCUT2D eigenvalue weighted by Crippen LogP contribution is -2.10. The second-order valence-corrected chi connectivity index (χ2v) is 4.08. The largest absolute Gasteiger partial charge is 0.491 e. The van der Waals surface area contributed by atoms with Crippen molar-refractivity contribution in [1.82, 2.24) is 0 Å². The highest BCUT2D eigenvalue weighted by Gasteiger charge is 2.01. The summed E-state index contributed by atoms with van der Waals surface area (Å²) in [5, 5.41) is 3.25. The fourth-order valence-electron chi connectivity index (χ4n) is 1.48. The maximum absolute atomic E-state index is 5.81. The molecule has 0 saturated heterocycles. The molecule has 4 heteroatoms. The normalized spacial score (nSPS) is 10.6. The molecule has 0 amide bonds. The Morgan fingerprint density at radius 3 is 2.71 bits per heavy atom. The van der Waals surface area contributed by atoms with Gasteiger partial charge in [-0.25, -0.2) is 0 Å². The van der Waals surface area contributed by atoms with E-state index in [0.29, 0.717) is 12.3 Å². The second kappa shape index (κ2) is 7.01. The molecule has 0 aliphatic carbocycles. The Morgan fingerprint density at radius 2 is 2.06 bits per heavy atom. The van der Waals surface area contributed by atoms with Crippen molar-refractivity contribution in [3.05, 3.63) is 18.2 Å². The average molecular weight is 238 g/mol. The van der Waals surface area contributed by atoms with Gasteiger partial charge in [0.25, 0.3) is 0 Å². The van der Waals surface area contributed by atoms with Crippen molar-refractivity contribution < 1.29 is 9.47 Å². The summed E-state index contributed by atoms with van der Waals surface area (Å²) < 4.78 is 10.9. The Kier molecular flexibility index (Phi) is 5.63. The monoisotopic (exact) mass is 238 g/mol. The predicted molar refractivity (Wildman–Crippen MR) is 71.6 cm³/mol. The maximum atomic E-state index is 5.81. The number of ether oxygens (including phenoxy) is 2. The molecule has 0 fully saturated rings. The first-order valence-electron chi connectivity index (χ1n) is 6.00. The number of hydrogen-bond acceptors (Lipinski definition) is 4. The van der Waals surface area contributed by atoms with Crippen LogP contribution in [-0.4, -0.2) is 25.9 Å². The van der Waals surface area contributed by atoms with Crippen LogP contribution in [0.4, 0.5) is 11.4 Å². The predicted octanol–water partition coefficient (Wildman–Crippen LogP) is 2.50. The van der Waals surface area contributed by atoms with E-state index in [4.69, 9.17) is 15.2 Å². The smallest absolute Gasteiger partial charge is 0.123 e. The number of benzene rings is 1. The van der Waals surface area contributed by atoms with Gasteiger partial charge in [-0.05, 0) is 26.8 Å². The minimum Gasteiger partial charge on any atom is -0.491 e. The molecular formula is C13H22N2O2. The lowest BCUT2D eigenvalue weighted by Gasteiger charge is -2.13. The molecule has 0 atom stereocenters.